The van der Waals surface area contributed by atoms with E-state index < -0.39 is 0 Å². The number of rotatable bonds is 7. The first kappa shape index (κ1) is 33.4. The second kappa shape index (κ2) is 13.5. The molecule has 1 aliphatic carbocycles. The highest BCUT2D eigenvalue weighted by atomic mass is 15.1. The van der Waals surface area contributed by atoms with Crippen LogP contribution in [0.1, 0.15) is 36.1 Å². The fraction of sp³-hybridized carbons (Fsp3) is 0.0943. The highest BCUT2D eigenvalue weighted by molar-refractivity contribution is 5.90. The SMILES string of the molecule is Cc1cc(N(c2ccc(-c3ccc(-c4ccccc4)cc3)cc2)c2ccc3c(c2)C(C)(C)c2ccccc2-3)c(C)cc1-c1ccccc1-c1ccccc1. The van der Waals surface area contributed by atoms with Gasteiger partial charge in [0.15, 0.2) is 0 Å². The molecule has 0 radical (unpaired) electrons. The lowest BCUT2D eigenvalue weighted by Gasteiger charge is -2.30. The van der Waals surface area contributed by atoms with E-state index in [0.717, 1.165) is 11.4 Å². The molecular formula is C53H43N. The van der Waals surface area contributed by atoms with Gasteiger partial charge in [-0.25, -0.2) is 0 Å². The molecule has 8 aromatic carbocycles. The Morgan fingerprint density at radius 3 is 1.46 bits per heavy atom. The number of anilines is 3. The molecule has 0 N–H and O–H groups in total. The average molecular weight is 694 g/mol. The first-order valence-corrected chi connectivity index (χ1v) is 18.9. The van der Waals surface area contributed by atoms with Gasteiger partial charge in [-0.05, 0) is 128 Å². The molecule has 0 spiro atoms. The van der Waals surface area contributed by atoms with E-state index in [2.05, 4.69) is 221 Å². The minimum atomic E-state index is -0.0979. The fourth-order valence-electron chi connectivity index (χ4n) is 8.47. The zero-order valence-electron chi connectivity index (χ0n) is 31.3. The Bertz CT molecular complexity index is 2610. The van der Waals surface area contributed by atoms with Crippen LogP contribution in [0.4, 0.5) is 17.1 Å². The molecule has 1 heteroatoms. The molecule has 8 aromatic rings. The van der Waals surface area contributed by atoms with E-state index in [1.807, 2.05) is 0 Å². The van der Waals surface area contributed by atoms with Crippen LogP contribution < -0.4 is 4.90 Å². The molecule has 1 aliphatic rings. The van der Waals surface area contributed by atoms with Gasteiger partial charge < -0.3 is 4.90 Å². The predicted molar refractivity (Wildman–Crippen MR) is 230 cm³/mol. The molecule has 0 aromatic heterocycles. The number of aryl methyl sites for hydroxylation is 2. The van der Waals surface area contributed by atoms with Gasteiger partial charge in [0.25, 0.3) is 0 Å². The molecule has 0 unspecified atom stereocenters. The molecule has 0 atom stereocenters. The summed E-state index contributed by atoms with van der Waals surface area (Å²) >= 11 is 0. The maximum Gasteiger partial charge on any atom is 0.0493 e. The summed E-state index contributed by atoms with van der Waals surface area (Å²) in [5.41, 5.74) is 21.1. The second-order valence-corrected chi connectivity index (χ2v) is 15.1. The largest absolute Gasteiger partial charge is 0.310 e. The first-order chi connectivity index (χ1) is 26.4. The van der Waals surface area contributed by atoms with Gasteiger partial charge in [-0.3, -0.25) is 0 Å². The zero-order valence-corrected chi connectivity index (χ0v) is 31.3. The quantitative estimate of drug-likeness (QED) is 0.161. The van der Waals surface area contributed by atoms with E-state index >= 15 is 0 Å². The summed E-state index contributed by atoms with van der Waals surface area (Å²) in [6.07, 6.45) is 0. The van der Waals surface area contributed by atoms with Crippen LogP contribution in [0.3, 0.4) is 0 Å². The third-order valence-corrected chi connectivity index (χ3v) is 11.4. The van der Waals surface area contributed by atoms with Gasteiger partial charge in [0, 0.05) is 22.5 Å². The van der Waals surface area contributed by atoms with Crippen LogP contribution in [0.2, 0.25) is 0 Å². The summed E-state index contributed by atoms with van der Waals surface area (Å²) in [5, 5.41) is 0. The molecule has 0 saturated heterocycles. The fourth-order valence-corrected chi connectivity index (χ4v) is 8.47. The maximum atomic E-state index is 2.46. The Labute approximate surface area is 319 Å². The van der Waals surface area contributed by atoms with Crippen LogP contribution in [-0.4, -0.2) is 0 Å². The van der Waals surface area contributed by atoms with Crippen LogP contribution >= 0.6 is 0 Å². The van der Waals surface area contributed by atoms with Gasteiger partial charge in [0.05, 0.1) is 0 Å². The van der Waals surface area contributed by atoms with Crippen LogP contribution in [0, 0.1) is 13.8 Å². The van der Waals surface area contributed by atoms with Crippen molar-refractivity contribution < 1.29 is 0 Å². The van der Waals surface area contributed by atoms with E-state index in [1.165, 1.54) is 83.6 Å². The normalized spacial score (nSPS) is 12.6. The van der Waals surface area contributed by atoms with Gasteiger partial charge in [-0.15, -0.1) is 0 Å². The Morgan fingerprint density at radius 2 is 0.815 bits per heavy atom. The van der Waals surface area contributed by atoms with Crippen molar-refractivity contribution in [2.24, 2.45) is 0 Å². The Hall–Kier alpha value is -6.44. The lowest BCUT2D eigenvalue weighted by atomic mass is 9.82. The number of benzene rings is 8. The Morgan fingerprint density at radius 1 is 0.333 bits per heavy atom. The van der Waals surface area contributed by atoms with Gasteiger partial charge in [-0.2, -0.15) is 0 Å². The summed E-state index contributed by atoms with van der Waals surface area (Å²) in [6.45, 7) is 9.23. The van der Waals surface area contributed by atoms with Gasteiger partial charge in [-0.1, -0.05) is 166 Å². The minimum absolute atomic E-state index is 0.0979. The van der Waals surface area contributed by atoms with E-state index in [1.54, 1.807) is 0 Å². The summed E-state index contributed by atoms with van der Waals surface area (Å²) in [6, 6.07) is 68.8. The zero-order chi connectivity index (χ0) is 36.8. The van der Waals surface area contributed by atoms with E-state index in [0.29, 0.717) is 0 Å². The molecule has 0 amide bonds. The average Bonchev–Trinajstić information content (AvgIpc) is 3.45. The molecule has 0 saturated carbocycles. The van der Waals surface area contributed by atoms with Crippen molar-refractivity contribution in [2.75, 3.05) is 4.90 Å². The number of nitrogens with zero attached hydrogens (tertiary/aromatic N) is 1. The van der Waals surface area contributed by atoms with Crippen molar-refractivity contribution in [3.05, 3.63) is 210 Å². The van der Waals surface area contributed by atoms with Crippen LogP contribution in [0.15, 0.2) is 188 Å². The summed E-state index contributed by atoms with van der Waals surface area (Å²) in [4.78, 5) is 2.46. The molecule has 1 nitrogen and oxygen atoms in total. The van der Waals surface area contributed by atoms with Crippen molar-refractivity contribution in [3.8, 4) is 55.6 Å². The van der Waals surface area contributed by atoms with E-state index in [4.69, 9.17) is 0 Å². The third kappa shape index (κ3) is 5.83. The minimum Gasteiger partial charge on any atom is -0.310 e. The molecule has 260 valence electrons. The van der Waals surface area contributed by atoms with Crippen molar-refractivity contribution >= 4 is 17.1 Å². The van der Waals surface area contributed by atoms with E-state index in [9.17, 15) is 0 Å². The topological polar surface area (TPSA) is 3.24 Å². The summed E-state index contributed by atoms with van der Waals surface area (Å²) < 4.78 is 0. The maximum absolute atomic E-state index is 2.46. The lowest BCUT2D eigenvalue weighted by molar-refractivity contribution is 0.660. The molecule has 0 fully saturated rings. The van der Waals surface area contributed by atoms with Crippen LogP contribution in [0.25, 0.3) is 55.6 Å². The smallest absolute Gasteiger partial charge is 0.0493 e. The van der Waals surface area contributed by atoms with Crippen molar-refractivity contribution in [2.45, 2.75) is 33.1 Å². The number of hydrogen-bond donors (Lipinski definition) is 0. The predicted octanol–water partition coefficient (Wildman–Crippen LogP) is 14.7. The molecular weight excluding hydrogens is 651 g/mol. The molecule has 0 bridgehead atoms. The first-order valence-electron chi connectivity index (χ1n) is 18.9. The molecule has 54 heavy (non-hydrogen) atoms. The Balaban J connectivity index is 1.15. The highest BCUT2D eigenvalue weighted by Crippen LogP contribution is 2.51. The third-order valence-electron chi connectivity index (χ3n) is 11.4. The number of fused-ring (bicyclic) bond motifs is 3. The summed E-state index contributed by atoms with van der Waals surface area (Å²) in [5.74, 6) is 0. The monoisotopic (exact) mass is 693 g/mol. The summed E-state index contributed by atoms with van der Waals surface area (Å²) in [7, 11) is 0. The van der Waals surface area contributed by atoms with Gasteiger partial charge >= 0.3 is 0 Å². The van der Waals surface area contributed by atoms with Crippen LogP contribution in [0.5, 0.6) is 0 Å². The molecule has 9 rings (SSSR count). The molecule has 0 heterocycles. The van der Waals surface area contributed by atoms with Crippen molar-refractivity contribution in [1.29, 1.82) is 0 Å². The van der Waals surface area contributed by atoms with E-state index in [-0.39, 0.29) is 5.41 Å². The highest BCUT2D eigenvalue weighted by Gasteiger charge is 2.35. The van der Waals surface area contributed by atoms with Crippen LogP contribution in [-0.2, 0) is 5.41 Å². The standard InChI is InChI=1S/C53H43N/c1-36-34-52(37(2)33-49(36)46-20-12-11-19-45(46)42-17-9-6-10-18-42)54(44-31-32-48-47-21-13-14-22-50(47)53(3,4)51(48)35-44)43-29-27-41(28-30-43)40-25-23-39(24-26-40)38-15-7-5-8-16-38/h5-35H,1-4H3. The molecule has 0 aliphatic heterocycles. The van der Waals surface area contributed by atoms with Gasteiger partial charge in [0.2, 0.25) is 0 Å². The number of hydrogen-bond acceptors (Lipinski definition) is 1. The van der Waals surface area contributed by atoms with Crippen molar-refractivity contribution in [3.63, 3.8) is 0 Å². The Kier molecular flexibility index (Phi) is 8.36. The van der Waals surface area contributed by atoms with Crippen molar-refractivity contribution in [1.82, 2.24) is 0 Å². The second-order valence-electron chi connectivity index (χ2n) is 15.1. The van der Waals surface area contributed by atoms with Gasteiger partial charge in [0.1, 0.15) is 0 Å². The lowest BCUT2D eigenvalue weighted by Crippen LogP contribution is -2.17.